The molecule has 0 radical (unpaired) electrons. The topological polar surface area (TPSA) is 98.2 Å². The zero-order valence-electron chi connectivity index (χ0n) is 15.4. The van der Waals surface area contributed by atoms with E-state index in [9.17, 15) is 22.4 Å². The number of nitrogens with one attached hydrogen (secondary N) is 1. The van der Waals surface area contributed by atoms with Gasteiger partial charge in [-0.3, -0.25) is 4.79 Å². The van der Waals surface area contributed by atoms with Gasteiger partial charge in [-0.15, -0.1) is 0 Å². The number of halogens is 4. The third-order valence-electron chi connectivity index (χ3n) is 5.03. The van der Waals surface area contributed by atoms with Crippen molar-refractivity contribution in [3.05, 3.63) is 59.7 Å². The van der Waals surface area contributed by atoms with Crippen molar-refractivity contribution in [1.82, 2.24) is 20.2 Å². The highest BCUT2D eigenvalue weighted by Gasteiger charge is 2.68. The molecule has 0 saturated heterocycles. The Kier molecular flexibility index (Phi) is 4.67. The van der Waals surface area contributed by atoms with Crippen LogP contribution in [0.5, 0.6) is 0 Å². The number of aromatic nitrogens is 3. The molecule has 0 atom stereocenters. The van der Waals surface area contributed by atoms with Crippen LogP contribution >= 0.6 is 0 Å². The molecule has 2 heterocycles. The Labute approximate surface area is 167 Å². The van der Waals surface area contributed by atoms with Crippen LogP contribution in [-0.2, 0) is 11.3 Å². The minimum absolute atomic E-state index is 0.0526. The van der Waals surface area contributed by atoms with Gasteiger partial charge in [0.25, 0.3) is 5.91 Å². The van der Waals surface area contributed by atoms with Gasteiger partial charge in [0.1, 0.15) is 16.9 Å². The first-order chi connectivity index (χ1) is 14.2. The third-order valence-corrected chi connectivity index (χ3v) is 5.03. The summed E-state index contributed by atoms with van der Waals surface area (Å²) in [5.74, 6) is -1.97. The number of pyridine rings is 1. The van der Waals surface area contributed by atoms with Gasteiger partial charge in [-0.2, -0.15) is 23.4 Å². The van der Waals surface area contributed by atoms with Crippen molar-refractivity contribution in [3.63, 3.8) is 0 Å². The van der Waals surface area contributed by atoms with E-state index in [0.29, 0.717) is 16.6 Å². The van der Waals surface area contributed by atoms with E-state index in [0.717, 1.165) is 0 Å². The molecule has 156 valence electrons. The fraction of sp³-hybridized carbons (Fsp3) is 0.263. The highest BCUT2D eigenvalue weighted by atomic mass is 19.4. The van der Waals surface area contributed by atoms with Crippen LogP contribution in [0.25, 0.3) is 11.0 Å². The Bertz CT molecular complexity index is 1150. The van der Waals surface area contributed by atoms with Gasteiger partial charge in [-0.25, -0.2) is 19.5 Å². The standard InChI is InChI=1S/C19H16F4N6O/c20-13-6-2-1-4-11(13)10-29-16-12(5-3-9-25-16)14(28-29)15(24)26-27-17(30)18(7-8-18)19(21,22)23/h1-6,9H,7-8,10H2,(H2,24,26)(H,27,30). The molecule has 0 unspecified atom stereocenters. The molecule has 7 nitrogen and oxygen atoms in total. The Morgan fingerprint density at radius 2 is 1.97 bits per heavy atom. The minimum atomic E-state index is -4.65. The molecule has 3 N–H and O–H groups in total. The molecule has 1 saturated carbocycles. The van der Waals surface area contributed by atoms with Crippen LogP contribution in [0.3, 0.4) is 0 Å². The molecule has 11 heteroatoms. The van der Waals surface area contributed by atoms with Gasteiger partial charge in [0.2, 0.25) is 0 Å². The average molecular weight is 420 g/mol. The van der Waals surface area contributed by atoms with Gasteiger partial charge in [-0.05, 0) is 31.0 Å². The number of hydrogen-bond donors (Lipinski definition) is 2. The van der Waals surface area contributed by atoms with Crippen LogP contribution in [0.4, 0.5) is 17.6 Å². The SMILES string of the molecule is N/C(=N\NC(=O)C1(C(F)(F)F)CC1)c1nn(Cc2ccccc2F)c2ncccc12. The van der Waals surface area contributed by atoms with Gasteiger partial charge in [0.15, 0.2) is 11.5 Å². The lowest BCUT2D eigenvalue weighted by Gasteiger charge is -2.16. The van der Waals surface area contributed by atoms with Gasteiger partial charge >= 0.3 is 6.18 Å². The number of carbonyl (C=O) groups excluding carboxylic acids is 1. The summed E-state index contributed by atoms with van der Waals surface area (Å²) in [7, 11) is 0. The van der Waals surface area contributed by atoms with Crippen LogP contribution in [0.2, 0.25) is 0 Å². The van der Waals surface area contributed by atoms with Crippen molar-refractivity contribution in [2.45, 2.75) is 25.6 Å². The Morgan fingerprint density at radius 3 is 2.63 bits per heavy atom. The molecule has 1 aromatic carbocycles. The maximum absolute atomic E-state index is 14.0. The molecule has 1 amide bonds. The van der Waals surface area contributed by atoms with E-state index in [4.69, 9.17) is 5.73 Å². The Morgan fingerprint density at radius 1 is 1.23 bits per heavy atom. The summed E-state index contributed by atoms with van der Waals surface area (Å²) < 4.78 is 54.6. The van der Waals surface area contributed by atoms with Gasteiger partial charge in [-0.1, -0.05) is 18.2 Å². The lowest BCUT2D eigenvalue weighted by Crippen LogP contribution is -2.40. The molecular formula is C19H16F4N6O. The van der Waals surface area contributed by atoms with Crippen molar-refractivity contribution >= 4 is 22.8 Å². The molecule has 0 spiro atoms. The molecule has 0 bridgehead atoms. The Balaban J connectivity index is 1.63. The van der Waals surface area contributed by atoms with E-state index in [2.05, 4.69) is 15.2 Å². The first-order valence-corrected chi connectivity index (χ1v) is 8.98. The molecule has 4 rings (SSSR count). The second-order valence-electron chi connectivity index (χ2n) is 6.99. The number of carbonyl (C=O) groups is 1. The lowest BCUT2D eigenvalue weighted by molar-refractivity contribution is -0.192. The van der Waals surface area contributed by atoms with Crippen LogP contribution in [0.1, 0.15) is 24.1 Å². The molecule has 2 aromatic heterocycles. The van der Waals surface area contributed by atoms with E-state index in [1.54, 1.807) is 30.3 Å². The monoisotopic (exact) mass is 420 g/mol. The number of hydrazone groups is 1. The average Bonchev–Trinajstić information content (AvgIpc) is 3.46. The summed E-state index contributed by atoms with van der Waals surface area (Å²) >= 11 is 0. The summed E-state index contributed by atoms with van der Waals surface area (Å²) in [6, 6.07) is 9.41. The van der Waals surface area contributed by atoms with Crippen LogP contribution < -0.4 is 11.2 Å². The maximum atomic E-state index is 14.0. The minimum Gasteiger partial charge on any atom is -0.380 e. The number of amidine groups is 1. The number of alkyl halides is 3. The lowest BCUT2D eigenvalue weighted by atomic mass is 10.1. The van der Waals surface area contributed by atoms with Crippen LogP contribution in [-0.4, -0.2) is 32.7 Å². The summed E-state index contributed by atoms with van der Waals surface area (Å²) in [4.78, 5) is 16.2. The van der Waals surface area contributed by atoms with Crippen molar-refractivity contribution in [2.75, 3.05) is 0 Å². The first-order valence-electron chi connectivity index (χ1n) is 8.98. The first kappa shape index (κ1) is 19.8. The van der Waals surface area contributed by atoms with Crippen molar-refractivity contribution < 1.29 is 22.4 Å². The number of fused-ring (bicyclic) bond motifs is 1. The highest BCUT2D eigenvalue weighted by molar-refractivity contribution is 6.06. The van der Waals surface area contributed by atoms with E-state index in [-0.39, 0.29) is 30.9 Å². The molecule has 3 aromatic rings. The third kappa shape index (κ3) is 3.36. The summed E-state index contributed by atoms with van der Waals surface area (Å²) in [5.41, 5.74) is 6.25. The van der Waals surface area contributed by atoms with Crippen molar-refractivity contribution in [3.8, 4) is 0 Å². The molecule has 1 aliphatic carbocycles. The highest BCUT2D eigenvalue weighted by Crippen LogP contribution is 2.57. The number of hydrogen-bond acceptors (Lipinski definition) is 4. The smallest absolute Gasteiger partial charge is 0.380 e. The summed E-state index contributed by atoms with van der Waals surface area (Å²) in [6.07, 6.45) is -3.72. The van der Waals surface area contributed by atoms with Crippen LogP contribution in [0.15, 0.2) is 47.7 Å². The summed E-state index contributed by atoms with van der Waals surface area (Å²) in [5, 5.41) is 8.37. The molecule has 1 aliphatic rings. The number of benzene rings is 1. The van der Waals surface area contributed by atoms with E-state index >= 15 is 0 Å². The number of rotatable bonds is 5. The Hall–Kier alpha value is -3.50. The van der Waals surface area contributed by atoms with Gasteiger partial charge in [0, 0.05) is 11.8 Å². The van der Waals surface area contributed by atoms with E-state index in [1.807, 2.05) is 5.43 Å². The normalized spacial score (nSPS) is 15.9. The molecular weight excluding hydrogens is 404 g/mol. The zero-order chi connectivity index (χ0) is 21.5. The largest absolute Gasteiger partial charge is 0.403 e. The molecule has 30 heavy (non-hydrogen) atoms. The zero-order valence-corrected chi connectivity index (χ0v) is 15.4. The fourth-order valence-corrected chi connectivity index (χ4v) is 3.13. The van der Waals surface area contributed by atoms with Crippen molar-refractivity contribution in [1.29, 1.82) is 0 Å². The van der Waals surface area contributed by atoms with E-state index < -0.39 is 23.3 Å². The number of nitrogens with zero attached hydrogens (tertiary/aromatic N) is 4. The fourth-order valence-electron chi connectivity index (χ4n) is 3.13. The van der Waals surface area contributed by atoms with Gasteiger partial charge in [0.05, 0.1) is 11.9 Å². The second kappa shape index (κ2) is 7.08. The second-order valence-corrected chi connectivity index (χ2v) is 6.99. The van der Waals surface area contributed by atoms with Crippen LogP contribution in [0, 0.1) is 11.2 Å². The van der Waals surface area contributed by atoms with Gasteiger partial charge < -0.3 is 5.73 Å². The molecule has 1 fully saturated rings. The predicted octanol–water partition coefficient (Wildman–Crippen LogP) is 2.70. The quantitative estimate of drug-likeness (QED) is 0.287. The maximum Gasteiger partial charge on any atom is 0.403 e. The predicted molar refractivity (Wildman–Crippen MR) is 99.6 cm³/mol. The van der Waals surface area contributed by atoms with Crippen molar-refractivity contribution in [2.24, 2.45) is 16.3 Å². The number of amides is 1. The number of nitrogens with two attached hydrogens (primary N) is 1. The molecule has 0 aliphatic heterocycles. The summed E-state index contributed by atoms with van der Waals surface area (Å²) in [6.45, 7) is 0.0526. The van der Waals surface area contributed by atoms with E-state index in [1.165, 1.54) is 16.9 Å².